The number of aromatic nitrogens is 6. The quantitative estimate of drug-likeness (QED) is 0.565. The van der Waals surface area contributed by atoms with Crippen LogP contribution in [-0.2, 0) is 12.3 Å². The Morgan fingerprint density at radius 1 is 1.45 bits per heavy atom. The van der Waals surface area contributed by atoms with Gasteiger partial charge in [-0.1, -0.05) is 23.8 Å². The van der Waals surface area contributed by atoms with Crippen molar-refractivity contribution in [1.29, 1.82) is 0 Å². The first-order valence-corrected chi connectivity index (χ1v) is 7.77. The number of nitrogens with one attached hydrogen (secondary N) is 1. The van der Waals surface area contributed by atoms with Crippen molar-refractivity contribution in [3.63, 3.8) is 0 Å². The van der Waals surface area contributed by atoms with E-state index in [-0.39, 0.29) is 0 Å². The lowest BCUT2D eigenvalue weighted by Crippen LogP contribution is -2.20. The smallest absolute Gasteiger partial charge is 0.237 e. The molecule has 2 heterocycles. The number of hydrogen-bond donors (Lipinski definition) is 1. The zero-order chi connectivity index (χ0) is 13.8. The second kappa shape index (κ2) is 6.31. The SMILES string of the molecule is CCNCCn1nnnc1SCc1nc(C2CC2)no1. The van der Waals surface area contributed by atoms with Gasteiger partial charge in [-0.05, 0) is 29.8 Å². The van der Waals surface area contributed by atoms with Gasteiger partial charge < -0.3 is 9.84 Å². The van der Waals surface area contributed by atoms with Crippen LogP contribution in [0.1, 0.15) is 37.4 Å². The fourth-order valence-corrected chi connectivity index (χ4v) is 2.50. The lowest BCUT2D eigenvalue weighted by atomic mass is 10.4. The Morgan fingerprint density at radius 2 is 2.35 bits per heavy atom. The fraction of sp³-hybridized carbons (Fsp3) is 0.727. The highest BCUT2D eigenvalue weighted by Crippen LogP contribution is 2.38. The van der Waals surface area contributed by atoms with Gasteiger partial charge in [-0.25, -0.2) is 4.68 Å². The summed E-state index contributed by atoms with van der Waals surface area (Å²) < 4.78 is 7.01. The Kier molecular flexibility index (Phi) is 4.26. The molecule has 1 saturated carbocycles. The van der Waals surface area contributed by atoms with E-state index in [1.807, 2.05) is 0 Å². The summed E-state index contributed by atoms with van der Waals surface area (Å²) in [6, 6.07) is 0. The number of nitrogens with zero attached hydrogens (tertiary/aromatic N) is 6. The Bertz CT molecular complexity index is 550. The summed E-state index contributed by atoms with van der Waals surface area (Å²) in [6.45, 7) is 4.61. The zero-order valence-corrected chi connectivity index (χ0v) is 12.1. The van der Waals surface area contributed by atoms with Gasteiger partial charge in [0.2, 0.25) is 11.0 Å². The first kappa shape index (κ1) is 13.5. The van der Waals surface area contributed by atoms with Gasteiger partial charge in [0.15, 0.2) is 5.82 Å². The molecule has 0 atom stereocenters. The molecule has 1 fully saturated rings. The van der Waals surface area contributed by atoms with Gasteiger partial charge in [0.25, 0.3) is 0 Å². The molecule has 0 bridgehead atoms. The van der Waals surface area contributed by atoms with Crippen LogP contribution in [0.15, 0.2) is 9.68 Å². The maximum Gasteiger partial charge on any atom is 0.237 e. The first-order chi connectivity index (χ1) is 9.86. The largest absolute Gasteiger partial charge is 0.338 e. The molecule has 2 aromatic heterocycles. The summed E-state index contributed by atoms with van der Waals surface area (Å²) >= 11 is 1.51. The molecule has 0 saturated heterocycles. The van der Waals surface area contributed by atoms with E-state index < -0.39 is 0 Å². The minimum atomic E-state index is 0.517. The molecule has 0 radical (unpaired) electrons. The average molecular weight is 295 g/mol. The molecule has 0 aliphatic heterocycles. The Labute approximate surface area is 120 Å². The van der Waals surface area contributed by atoms with Crippen LogP contribution in [0.2, 0.25) is 0 Å². The van der Waals surface area contributed by atoms with Gasteiger partial charge in [0.1, 0.15) is 0 Å². The monoisotopic (exact) mass is 295 g/mol. The Hall–Kier alpha value is -1.48. The molecule has 9 heteroatoms. The van der Waals surface area contributed by atoms with Crippen molar-refractivity contribution < 1.29 is 4.52 Å². The van der Waals surface area contributed by atoms with E-state index in [0.29, 0.717) is 17.6 Å². The third-order valence-electron chi connectivity index (χ3n) is 3.00. The van der Waals surface area contributed by atoms with E-state index in [2.05, 4.69) is 37.9 Å². The topological polar surface area (TPSA) is 94.6 Å². The van der Waals surface area contributed by atoms with Crippen LogP contribution in [0.25, 0.3) is 0 Å². The number of likely N-dealkylation sites (N-methyl/N-ethyl adjacent to an activating group) is 1. The lowest BCUT2D eigenvalue weighted by Gasteiger charge is -2.03. The van der Waals surface area contributed by atoms with E-state index in [4.69, 9.17) is 4.52 Å². The van der Waals surface area contributed by atoms with Crippen molar-refractivity contribution >= 4 is 11.8 Å². The fourth-order valence-electron chi connectivity index (χ4n) is 1.76. The Morgan fingerprint density at radius 3 is 3.15 bits per heavy atom. The van der Waals surface area contributed by atoms with Crippen molar-refractivity contribution in [2.75, 3.05) is 13.1 Å². The standard InChI is InChI=1S/C11H17N7OS/c1-2-12-5-6-18-11(14-16-17-18)20-7-9-13-10(15-19-9)8-3-4-8/h8,12H,2-7H2,1H3. The van der Waals surface area contributed by atoms with Gasteiger partial charge in [-0.3, -0.25) is 0 Å². The molecule has 8 nitrogen and oxygen atoms in total. The van der Waals surface area contributed by atoms with Crippen LogP contribution in [0.5, 0.6) is 0 Å². The van der Waals surface area contributed by atoms with E-state index in [0.717, 1.165) is 30.6 Å². The molecule has 2 aromatic rings. The van der Waals surface area contributed by atoms with Gasteiger partial charge in [0.05, 0.1) is 12.3 Å². The highest BCUT2D eigenvalue weighted by atomic mass is 32.2. The zero-order valence-electron chi connectivity index (χ0n) is 11.3. The van der Waals surface area contributed by atoms with E-state index in [1.165, 1.54) is 24.6 Å². The summed E-state index contributed by atoms with van der Waals surface area (Å²) in [6.07, 6.45) is 2.35. The molecule has 1 aliphatic carbocycles. The number of thioether (sulfide) groups is 1. The second-order valence-electron chi connectivity index (χ2n) is 4.65. The molecular formula is C11H17N7OS. The van der Waals surface area contributed by atoms with Gasteiger partial charge in [-0.2, -0.15) is 4.98 Å². The molecule has 1 aliphatic rings. The van der Waals surface area contributed by atoms with Gasteiger partial charge in [0, 0.05) is 12.5 Å². The minimum absolute atomic E-state index is 0.517. The van der Waals surface area contributed by atoms with Crippen LogP contribution in [0.4, 0.5) is 0 Å². The molecule has 0 unspecified atom stereocenters. The predicted molar refractivity (Wildman–Crippen MR) is 72.2 cm³/mol. The second-order valence-corrected chi connectivity index (χ2v) is 5.59. The van der Waals surface area contributed by atoms with Gasteiger partial charge >= 0.3 is 0 Å². The first-order valence-electron chi connectivity index (χ1n) is 6.79. The van der Waals surface area contributed by atoms with Crippen LogP contribution in [-0.4, -0.2) is 43.4 Å². The Balaban J connectivity index is 1.53. The lowest BCUT2D eigenvalue weighted by molar-refractivity contribution is 0.385. The summed E-state index contributed by atoms with van der Waals surface area (Å²) in [4.78, 5) is 4.39. The third kappa shape index (κ3) is 3.34. The number of rotatable bonds is 8. The van der Waals surface area contributed by atoms with E-state index in [9.17, 15) is 0 Å². The summed E-state index contributed by atoms with van der Waals surface area (Å²) in [5.74, 6) is 2.59. The molecule has 20 heavy (non-hydrogen) atoms. The number of hydrogen-bond acceptors (Lipinski definition) is 8. The van der Waals surface area contributed by atoms with Crippen molar-refractivity contribution in [2.24, 2.45) is 0 Å². The predicted octanol–water partition coefficient (Wildman–Crippen LogP) is 0.835. The molecular weight excluding hydrogens is 278 g/mol. The third-order valence-corrected chi connectivity index (χ3v) is 3.94. The molecule has 0 aromatic carbocycles. The van der Waals surface area contributed by atoms with Crippen molar-refractivity contribution in [2.45, 2.75) is 43.1 Å². The normalized spacial score (nSPS) is 14.8. The molecule has 0 spiro atoms. The molecule has 1 N–H and O–H groups in total. The van der Waals surface area contributed by atoms with Crippen LogP contribution < -0.4 is 5.32 Å². The summed E-state index contributed by atoms with van der Waals surface area (Å²) in [5, 5.41) is 19.7. The van der Waals surface area contributed by atoms with Crippen molar-refractivity contribution in [3.05, 3.63) is 11.7 Å². The highest BCUT2D eigenvalue weighted by molar-refractivity contribution is 7.98. The van der Waals surface area contributed by atoms with Crippen molar-refractivity contribution in [3.8, 4) is 0 Å². The number of tetrazole rings is 1. The van der Waals surface area contributed by atoms with E-state index in [1.54, 1.807) is 4.68 Å². The van der Waals surface area contributed by atoms with E-state index >= 15 is 0 Å². The maximum absolute atomic E-state index is 5.23. The average Bonchev–Trinajstić information content (AvgIpc) is 3.03. The maximum atomic E-state index is 5.23. The van der Waals surface area contributed by atoms with Crippen LogP contribution in [0, 0.1) is 0 Å². The van der Waals surface area contributed by atoms with Crippen LogP contribution in [0.3, 0.4) is 0 Å². The molecule has 108 valence electrons. The molecule has 3 rings (SSSR count). The summed E-state index contributed by atoms with van der Waals surface area (Å²) in [5.41, 5.74) is 0. The highest BCUT2D eigenvalue weighted by Gasteiger charge is 2.28. The minimum Gasteiger partial charge on any atom is -0.338 e. The van der Waals surface area contributed by atoms with Crippen LogP contribution >= 0.6 is 11.8 Å². The van der Waals surface area contributed by atoms with Gasteiger partial charge in [-0.15, -0.1) is 5.10 Å². The van der Waals surface area contributed by atoms with Crippen molar-refractivity contribution in [1.82, 2.24) is 35.7 Å². The summed E-state index contributed by atoms with van der Waals surface area (Å²) in [7, 11) is 0. The molecule has 0 amide bonds.